The number of amides is 2. The van der Waals surface area contributed by atoms with Gasteiger partial charge in [0, 0.05) is 29.6 Å². The zero-order valence-electron chi connectivity index (χ0n) is 16.1. The van der Waals surface area contributed by atoms with E-state index in [1.165, 1.54) is 0 Å². The van der Waals surface area contributed by atoms with Crippen LogP contribution >= 0.6 is 0 Å². The molecule has 29 heavy (non-hydrogen) atoms. The van der Waals surface area contributed by atoms with E-state index in [4.69, 9.17) is 5.11 Å². The van der Waals surface area contributed by atoms with Crippen molar-refractivity contribution in [1.82, 2.24) is 0 Å². The van der Waals surface area contributed by atoms with E-state index in [0.29, 0.717) is 17.8 Å². The molecule has 0 aliphatic heterocycles. The van der Waals surface area contributed by atoms with Crippen LogP contribution in [0.2, 0.25) is 0 Å². The molecular formula is C23H22N2O4. The van der Waals surface area contributed by atoms with Gasteiger partial charge in [-0.25, -0.2) is 0 Å². The monoisotopic (exact) mass is 390 g/mol. The lowest BCUT2D eigenvalue weighted by Crippen LogP contribution is -2.30. The van der Waals surface area contributed by atoms with E-state index in [2.05, 4.69) is 5.32 Å². The first-order valence-corrected chi connectivity index (χ1v) is 9.41. The lowest BCUT2D eigenvalue weighted by Gasteiger charge is -2.23. The molecule has 0 heterocycles. The van der Waals surface area contributed by atoms with Crippen molar-refractivity contribution >= 4 is 39.9 Å². The van der Waals surface area contributed by atoms with Gasteiger partial charge in [-0.2, -0.15) is 0 Å². The highest BCUT2D eigenvalue weighted by molar-refractivity contribution is 6.11. The molecule has 0 aromatic heterocycles. The van der Waals surface area contributed by atoms with Crippen LogP contribution in [0.1, 0.15) is 30.1 Å². The van der Waals surface area contributed by atoms with Crippen molar-refractivity contribution in [3.05, 3.63) is 72.3 Å². The van der Waals surface area contributed by atoms with Crippen LogP contribution in [0.25, 0.3) is 10.8 Å². The van der Waals surface area contributed by atoms with Gasteiger partial charge in [0.1, 0.15) is 0 Å². The van der Waals surface area contributed by atoms with Gasteiger partial charge < -0.3 is 15.3 Å². The van der Waals surface area contributed by atoms with Gasteiger partial charge in [-0.1, -0.05) is 36.4 Å². The van der Waals surface area contributed by atoms with E-state index >= 15 is 0 Å². The zero-order chi connectivity index (χ0) is 20.8. The fourth-order valence-corrected chi connectivity index (χ4v) is 3.16. The molecule has 0 bridgehead atoms. The average Bonchev–Trinajstić information content (AvgIpc) is 2.73. The second kappa shape index (κ2) is 9.01. The van der Waals surface area contributed by atoms with Crippen molar-refractivity contribution in [2.75, 3.05) is 16.8 Å². The predicted molar refractivity (Wildman–Crippen MR) is 113 cm³/mol. The maximum Gasteiger partial charge on any atom is 0.303 e. The summed E-state index contributed by atoms with van der Waals surface area (Å²) in [5.41, 5.74) is 1.87. The standard InChI is InChI=1S/C23H22N2O4/c1-2-25(20-9-5-7-16-6-3-4-8-19(16)20)23(29)17-10-12-18(13-11-17)24-21(26)14-15-22(27)28/h3-13H,2,14-15H2,1H3,(H,24,26)(H,27,28). The highest BCUT2D eigenvalue weighted by Gasteiger charge is 2.18. The molecule has 0 saturated heterocycles. The first-order chi connectivity index (χ1) is 14.0. The summed E-state index contributed by atoms with van der Waals surface area (Å²) >= 11 is 0. The van der Waals surface area contributed by atoms with Gasteiger partial charge in [-0.3, -0.25) is 14.4 Å². The van der Waals surface area contributed by atoms with Crippen LogP contribution in [-0.2, 0) is 9.59 Å². The Hall–Kier alpha value is -3.67. The molecule has 0 spiro atoms. The summed E-state index contributed by atoms with van der Waals surface area (Å²) in [6.07, 6.45) is -0.320. The summed E-state index contributed by atoms with van der Waals surface area (Å²) in [5, 5.41) is 13.3. The number of aliphatic carboxylic acids is 1. The molecular weight excluding hydrogens is 368 g/mol. The van der Waals surface area contributed by atoms with Crippen LogP contribution in [-0.4, -0.2) is 29.4 Å². The minimum Gasteiger partial charge on any atom is -0.481 e. The summed E-state index contributed by atoms with van der Waals surface area (Å²) in [6.45, 7) is 2.44. The van der Waals surface area contributed by atoms with E-state index in [-0.39, 0.29) is 24.7 Å². The molecule has 0 unspecified atom stereocenters. The van der Waals surface area contributed by atoms with Crippen LogP contribution in [0.15, 0.2) is 66.7 Å². The van der Waals surface area contributed by atoms with E-state index in [1.54, 1.807) is 29.2 Å². The first-order valence-electron chi connectivity index (χ1n) is 9.41. The number of carbonyl (C=O) groups is 3. The predicted octanol–water partition coefficient (Wildman–Crippen LogP) is 4.31. The SMILES string of the molecule is CCN(C(=O)c1ccc(NC(=O)CCC(=O)O)cc1)c1cccc2ccccc12. The average molecular weight is 390 g/mol. The van der Waals surface area contributed by atoms with Gasteiger partial charge in [0.05, 0.1) is 12.1 Å². The van der Waals surface area contributed by atoms with Gasteiger partial charge in [0.2, 0.25) is 5.91 Å². The summed E-state index contributed by atoms with van der Waals surface area (Å²) in [5.74, 6) is -1.53. The van der Waals surface area contributed by atoms with E-state index in [1.807, 2.05) is 49.4 Å². The normalized spacial score (nSPS) is 10.5. The van der Waals surface area contributed by atoms with Crippen LogP contribution in [0, 0.1) is 0 Å². The van der Waals surface area contributed by atoms with Crippen molar-refractivity contribution in [3.8, 4) is 0 Å². The number of nitrogens with zero attached hydrogens (tertiary/aromatic N) is 1. The number of benzene rings is 3. The maximum atomic E-state index is 13.1. The molecule has 148 valence electrons. The highest BCUT2D eigenvalue weighted by atomic mass is 16.4. The molecule has 6 heteroatoms. The number of hydrogen-bond donors (Lipinski definition) is 2. The van der Waals surface area contributed by atoms with Gasteiger partial charge >= 0.3 is 5.97 Å². The second-order valence-corrected chi connectivity index (χ2v) is 6.57. The molecule has 0 fully saturated rings. The summed E-state index contributed by atoms with van der Waals surface area (Å²) in [7, 11) is 0. The highest BCUT2D eigenvalue weighted by Crippen LogP contribution is 2.28. The van der Waals surface area contributed by atoms with Crippen molar-refractivity contribution in [2.45, 2.75) is 19.8 Å². The van der Waals surface area contributed by atoms with E-state index < -0.39 is 5.97 Å². The number of fused-ring (bicyclic) bond motifs is 1. The smallest absolute Gasteiger partial charge is 0.303 e. The number of carbonyl (C=O) groups excluding carboxylic acids is 2. The Bertz CT molecular complexity index is 1040. The van der Waals surface area contributed by atoms with Crippen molar-refractivity contribution in [1.29, 1.82) is 0 Å². The molecule has 0 aliphatic carbocycles. The van der Waals surface area contributed by atoms with Crippen molar-refractivity contribution in [3.63, 3.8) is 0 Å². The van der Waals surface area contributed by atoms with Gasteiger partial charge in [0.25, 0.3) is 5.91 Å². The summed E-state index contributed by atoms with van der Waals surface area (Å²) in [6, 6.07) is 20.4. The Labute approximate surface area is 168 Å². The molecule has 3 aromatic rings. The van der Waals surface area contributed by atoms with Crippen molar-refractivity contribution < 1.29 is 19.5 Å². The largest absolute Gasteiger partial charge is 0.481 e. The number of rotatable bonds is 7. The van der Waals surface area contributed by atoms with Crippen LogP contribution in [0.3, 0.4) is 0 Å². The lowest BCUT2D eigenvalue weighted by atomic mass is 10.1. The molecule has 3 rings (SSSR count). The molecule has 2 amide bonds. The van der Waals surface area contributed by atoms with Crippen LogP contribution in [0.4, 0.5) is 11.4 Å². The quantitative estimate of drug-likeness (QED) is 0.629. The molecule has 0 radical (unpaired) electrons. The Morgan fingerprint density at radius 1 is 0.897 bits per heavy atom. The van der Waals surface area contributed by atoms with Crippen LogP contribution < -0.4 is 10.2 Å². The zero-order valence-corrected chi connectivity index (χ0v) is 16.1. The van der Waals surface area contributed by atoms with Crippen LogP contribution in [0.5, 0.6) is 0 Å². The molecule has 0 atom stereocenters. The number of carboxylic acid groups (broad SMARTS) is 1. The maximum absolute atomic E-state index is 13.1. The Kier molecular flexibility index (Phi) is 6.24. The topological polar surface area (TPSA) is 86.7 Å². The molecule has 3 aromatic carbocycles. The van der Waals surface area contributed by atoms with E-state index in [0.717, 1.165) is 16.5 Å². The molecule has 6 nitrogen and oxygen atoms in total. The number of nitrogens with one attached hydrogen (secondary N) is 1. The molecule has 2 N–H and O–H groups in total. The third-order valence-electron chi connectivity index (χ3n) is 4.60. The van der Waals surface area contributed by atoms with Gasteiger partial charge in [0.15, 0.2) is 0 Å². The Morgan fingerprint density at radius 3 is 2.28 bits per heavy atom. The summed E-state index contributed by atoms with van der Waals surface area (Å²) in [4.78, 5) is 37.1. The van der Waals surface area contributed by atoms with Gasteiger partial charge in [-0.15, -0.1) is 0 Å². The lowest BCUT2D eigenvalue weighted by molar-refractivity contribution is -0.138. The fraction of sp³-hybridized carbons (Fsp3) is 0.174. The minimum atomic E-state index is -1.02. The summed E-state index contributed by atoms with van der Waals surface area (Å²) < 4.78 is 0. The third kappa shape index (κ3) is 4.79. The first kappa shape index (κ1) is 20.1. The number of anilines is 2. The second-order valence-electron chi connectivity index (χ2n) is 6.57. The Balaban J connectivity index is 1.78. The molecule has 0 saturated carbocycles. The Morgan fingerprint density at radius 2 is 1.59 bits per heavy atom. The fourth-order valence-electron chi connectivity index (χ4n) is 3.16. The number of carboxylic acids is 1. The van der Waals surface area contributed by atoms with Crippen molar-refractivity contribution in [2.24, 2.45) is 0 Å². The number of hydrogen-bond acceptors (Lipinski definition) is 3. The van der Waals surface area contributed by atoms with Gasteiger partial charge in [-0.05, 0) is 42.6 Å². The van der Waals surface area contributed by atoms with E-state index in [9.17, 15) is 14.4 Å². The minimum absolute atomic E-state index is 0.0965. The third-order valence-corrected chi connectivity index (χ3v) is 4.60. The molecule has 0 aliphatic rings.